The van der Waals surface area contributed by atoms with Crippen LogP contribution in [-0.4, -0.2) is 31.1 Å². The number of hydrogen-bond donors (Lipinski definition) is 1. The van der Waals surface area contributed by atoms with Gasteiger partial charge in [0.15, 0.2) is 0 Å². The van der Waals surface area contributed by atoms with Crippen LogP contribution in [0.1, 0.15) is 38.6 Å². The lowest BCUT2D eigenvalue weighted by molar-refractivity contribution is 0.547. The van der Waals surface area contributed by atoms with E-state index in [2.05, 4.69) is 46.0 Å². The Morgan fingerprint density at radius 3 is 2.95 bits per heavy atom. The van der Waals surface area contributed by atoms with E-state index in [0.29, 0.717) is 5.92 Å². The van der Waals surface area contributed by atoms with E-state index in [1.807, 2.05) is 23.4 Å². The highest BCUT2D eigenvalue weighted by Gasteiger charge is 2.05. The van der Waals surface area contributed by atoms with Gasteiger partial charge in [0.25, 0.3) is 0 Å². The second-order valence-corrected chi connectivity index (χ2v) is 5.51. The fourth-order valence-electron chi connectivity index (χ4n) is 2.07. The van der Waals surface area contributed by atoms with Gasteiger partial charge in [-0.25, -0.2) is 9.67 Å². The molecule has 0 fully saturated rings. The molecule has 2 rings (SSSR count). The number of hydrogen-bond acceptors (Lipinski definition) is 4. The SMILES string of the molecule is CCCn1cncc1Cn1cc(CNCC(C)C)nn1. The van der Waals surface area contributed by atoms with Gasteiger partial charge in [-0.1, -0.05) is 26.0 Å². The molecule has 0 aliphatic heterocycles. The van der Waals surface area contributed by atoms with E-state index in [1.54, 1.807) is 0 Å². The topological polar surface area (TPSA) is 60.6 Å². The molecule has 0 radical (unpaired) electrons. The van der Waals surface area contributed by atoms with Crippen molar-refractivity contribution in [1.29, 1.82) is 0 Å². The number of imidazole rings is 1. The molecule has 0 aliphatic carbocycles. The fourth-order valence-corrected chi connectivity index (χ4v) is 2.07. The van der Waals surface area contributed by atoms with Crippen LogP contribution in [0.25, 0.3) is 0 Å². The first-order chi connectivity index (χ1) is 9.69. The molecule has 0 atom stereocenters. The summed E-state index contributed by atoms with van der Waals surface area (Å²) in [5.74, 6) is 0.647. The molecule has 1 N–H and O–H groups in total. The quantitative estimate of drug-likeness (QED) is 0.797. The number of aryl methyl sites for hydroxylation is 1. The first kappa shape index (κ1) is 14.7. The lowest BCUT2D eigenvalue weighted by Gasteiger charge is -2.06. The van der Waals surface area contributed by atoms with Gasteiger partial charge < -0.3 is 9.88 Å². The summed E-state index contributed by atoms with van der Waals surface area (Å²) < 4.78 is 4.04. The van der Waals surface area contributed by atoms with Crippen molar-refractivity contribution in [2.24, 2.45) is 5.92 Å². The Kier molecular flexibility index (Phi) is 5.29. The van der Waals surface area contributed by atoms with E-state index in [0.717, 1.165) is 38.3 Å². The second-order valence-electron chi connectivity index (χ2n) is 5.51. The van der Waals surface area contributed by atoms with Crippen molar-refractivity contribution in [1.82, 2.24) is 29.9 Å². The Morgan fingerprint density at radius 1 is 1.35 bits per heavy atom. The highest BCUT2D eigenvalue weighted by atomic mass is 15.4. The molecule has 0 amide bonds. The first-order valence-corrected chi connectivity index (χ1v) is 7.27. The Balaban J connectivity index is 1.90. The minimum Gasteiger partial charge on any atom is -0.333 e. The predicted molar refractivity (Wildman–Crippen MR) is 78.2 cm³/mol. The van der Waals surface area contributed by atoms with Gasteiger partial charge in [-0.15, -0.1) is 5.10 Å². The number of nitrogens with zero attached hydrogens (tertiary/aromatic N) is 5. The molecule has 0 bridgehead atoms. The maximum Gasteiger partial charge on any atom is 0.0964 e. The third-order valence-electron chi connectivity index (χ3n) is 3.03. The highest BCUT2D eigenvalue weighted by Crippen LogP contribution is 2.04. The van der Waals surface area contributed by atoms with E-state index in [4.69, 9.17) is 0 Å². The molecule has 6 heteroatoms. The van der Waals surface area contributed by atoms with Gasteiger partial charge in [-0.3, -0.25) is 0 Å². The van der Waals surface area contributed by atoms with Gasteiger partial charge in [0, 0.05) is 13.1 Å². The monoisotopic (exact) mass is 276 g/mol. The lowest BCUT2D eigenvalue weighted by atomic mass is 10.2. The Labute approximate surface area is 120 Å². The van der Waals surface area contributed by atoms with Crippen LogP contribution in [0.3, 0.4) is 0 Å². The third kappa shape index (κ3) is 4.16. The van der Waals surface area contributed by atoms with Gasteiger partial charge >= 0.3 is 0 Å². The molecule has 0 saturated heterocycles. The third-order valence-corrected chi connectivity index (χ3v) is 3.03. The summed E-state index contributed by atoms with van der Waals surface area (Å²) in [6.45, 7) is 10.0. The Hall–Kier alpha value is -1.69. The van der Waals surface area contributed by atoms with Gasteiger partial charge in [0.1, 0.15) is 0 Å². The molecule has 2 aromatic rings. The van der Waals surface area contributed by atoms with Crippen LogP contribution in [0.2, 0.25) is 0 Å². The van der Waals surface area contributed by atoms with Crippen molar-refractivity contribution in [2.45, 2.75) is 46.8 Å². The summed E-state index contributed by atoms with van der Waals surface area (Å²) in [6.07, 6.45) is 6.87. The van der Waals surface area contributed by atoms with E-state index >= 15 is 0 Å². The normalized spacial score (nSPS) is 11.4. The minimum absolute atomic E-state index is 0.647. The van der Waals surface area contributed by atoms with Crippen LogP contribution in [-0.2, 0) is 19.6 Å². The molecule has 20 heavy (non-hydrogen) atoms. The Bertz CT molecular complexity index is 513. The van der Waals surface area contributed by atoms with Crippen LogP contribution < -0.4 is 5.32 Å². The molecule has 2 aromatic heterocycles. The van der Waals surface area contributed by atoms with Crippen LogP contribution >= 0.6 is 0 Å². The maximum atomic E-state index is 4.20. The van der Waals surface area contributed by atoms with Gasteiger partial charge in [0.2, 0.25) is 0 Å². The molecule has 6 nitrogen and oxygen atoms in total. The zero-order chi connectivity index (χ0) is 14.4. The average molecular weight is 276 g/mol. The average Bonchev–Trinajstić information content (AvgIpc) is 3.01. The lowest BCUT2D eigenvalue weighted by Crippen LogP contribution is -2.19. The number of rotatable bonds is 8. The number of aromatic nitrogens is 5. The molecule has 0 aromatic carbocycles. The molecule has 0 saturated carbocycles. The smallest absolute Gasteiger partial charge is 0.0964 e. The zero-order valence-corrected chi connectivity index (χ0v) is 12.6. The zero-order valence-electron chi connectivity index (χ0n) is 12.6. The van der Waals surface area contributed by atoms with Crippen molar-refractivity contribution in [2.75, 3.05) is 6.54 Å². The van der Waals surface area contributed by atoms with Gasteiger partial charge in [-0.05, 0) is 18.9 Å². The van der Waals surface area contributed by atoms with Crippen LogP contribution in [0, 0.1) is 5.92 Å². The highest BCUT2D eigenvalue weighted by molar-refractivity contribution is 5.00. The van der Waals surface area contributed by atoms with E-state index in [1.165, 1.54) is 5.69 Å². The van der Waals surface area contributed by atoms with Crippen molar-refractivity contribution < 1.29 is 0 Å². The largest absolute Gasteiger partial charge is 0.333 e. The van der Waals surface area contributed by atoms with Crippen LogP contribution in [0.5, 0.6) is 0 Å². The fraction of sp³-hybridized carbons (Fsp3) is 0.643. The summed E-state index contributed by atoms with van der Waals surface area (Å²) in [7, 11) is 0. The first-order valence-electron chi connectivity index (χ1n) is 7.27. The summed E-state index contributed by atoms with van der Waals surface area (Å²) in [5, 5.41) is 11.7. The van der Waals surface area contributed by atoms with Crippen LogP contribution in [0.4, 0.5) is 0 Å². The van der Waals surface area contributed by atoms with E-state index < -0.39 is 0 Å². The minimum atomic E-state index is 0.647. The molecule has 110 valence electrons. The van der Waals surface area contributed by atoms with E-state index in [9.17, 15) is 0 Å². The maximum absolute atomic E-state index is 4.20. The van der Waals surface area contributed by atoms with Crippen molar-refractivity contribution >= 4 is 0 Å². The molecule has 0 unspecified atom stereocenters. The van der Waals surface area contributed by atoms with Gasteiger partial charge in [-0.2, -0.15) is 0 Å². The molecule has 0 aliphatic rings. The summed E-state index contributed by atoms with van der Waals surface area (Å²) in [6, 6.07) is 0. The van der Waals surface area contributed by atoms with Crippen LogP contribution in [0.15, 0.2) is 18.7 Å². The van der Waals surface area contributed by atoms with Crippen molar-refractivity contribution in [3.8, 4) is 0 Å². The summed E-state index contributed by atoms with van der Waals surface area (Å²) in [4.78, 5) is 4.20. The number of nitrogens with one attached hydrogen (secondary N) is 1. The Morgan fingerprint density at radius 2 is 2.20 bits per heavy atom. The van der Waals surface area contributed by atoms with Crippen molar-refractivity contribution in [3.05, 3.63) is 30.1 Å². The second kappa shape index (κ2) is 7.19. The molecular formula is C14H24N6. The summed E-state index contributed by atoms with van der Waals surface area (Å²) in [5.41, 5.74) is 2.14. The van der Waals surface area contributed by atoms with Crippen molar-refractivity contribution in [3.63, 3.8) is 0 Å². The summed E-state index contributed by atoms with van der Waals surface area (Å²) >= 11 is 0. The standard InChI is InChI=1S/C14H24N6/c1-4-5-19-11-16-8-14(19)10-20-9-13(17-18-20)7-15-6-12(2)3/h8-9,11-12,15H,4-7,10H2,1-3H3. The molecule has 0 spiro atoms. The predicted octanol–water partition coefficient (Wildman–Crippen LogP) is 1.68. The molecular weight excluding hydrogens is 252 g/mol. The van der Waals surface area contributed by atoms with Gasteiger partial charge in [0.05, 0.1) is 36.7 Å². The molecule has 2 heterocycles. The van der Waals surface area contributed by atoms with E-state index in [-0.39, 0.29) is 0 Å².